The van der Waals surface area contributed by atoms with Crippen LogP contribution in [-0.4, -0.2) is 87.2 Å². The zero-order valence-electron chi connectivity index (χ0n) is 23.8. The van der Waals surface area contributed by atoms with Crippen LogP contribution in [0, 0.1) is 28.6 Å². The second kappa shape index (κ2) is 11.3. The molecule has 3 fully saturated rings. The molecule has 4 rings (SSSR count). The van der Waals surface area contributed by atoms with Gasteiger partial charge >= 0.3 is 11.9 Å². The first-order valence-corrected chi connectivity index (χ1v) is 14.3. The summed E-state index contributed by atoms with van der Waals surface area (Å²) in [5.74, 6) is -4.09. The Morgan fingerprint density at radius 3 is 2.44 bits per heavy atom. The highest BCUT2D eigenvalue weighted by Gasteiger charge is 2.75. The normalized spacial score (nSPS) is 39.4. The summed E-state index contributed by atoms with van der Waals surface area (Å²) in [5.41, 5.74) is -5.78. The number of carbonyl (C=O) groups is 4. The molecule has 4 N–H and O–H groups in total. The van der Waals surface area contributed by atoms with E-state index < -0.39 is 89.6 Å². The molecule has 0 aliphatic heterocycles. The molecule has 0 radical (unpaired) electrons. The van der Waals surface area contributed by atoms with Crippen LogP contribution in [0.4, 0.5) is 4.39 Å². The third kappa shape index (κ3) is 4.88. The Bertz CT molecular complexity index is 1150. The number of carbonyl (C=O) groups excluding carboxylic acids is 4. The van der Waals surface area contributed by atoms with E-state index in [0.29, 0.717) is 24.8 Å². The fourth-order valence-corrected chi connectivity index (χ4v) is 8.22. The van der Waals surface area contributed by atoms with Crippen molar-refractivity contribution in [2.24, 2.45) is 28.6 Å². The monoisotopic (exact) mass is 580 g/mol. The summed E-state index contributed by atoms with van der Waals surface area (Å²) in [6.07, 6.45) is 2.48. The van der Waals surface area contributed by atoms with E-state index in [9.17, 15) is 29.4 Å². The lowest BCUT2D eigenvalue weighted by atomic mass is 9.44. The fraction of sp³-hybridized carbons (Fsp3) is 0.733. The Labute approximate surface area is 238 Å². The molecule has 0 spiro atoms. The summed E-state index contributed by atoms with van der Waals surface area (Å²) in [6.45, 7) is 3.34. The van der Waals surface area contributed by atoms with Crippen LogP contribution in [0.1, 0.15) is 65.7 Å². The van der Waals surface area contributed by atoms with Crippen LogP contribution in [0.3, 0.4) is 0 Å². The standard InChI is InChI=1S/C30H41FO10/c1-17-11-22-21-8-7-18-12-19(34)9-10-27(18,2)29(21,31)23(35)13-28(22,3)30(17,39)24(36)16-40-25(37)5-4-6-26(38)41-20(14-32)15-33/h9-10,12,17,20-23,32-33,35,39H,4-8,11,13-16H2,1-3H3/t17-,21+,22+,23+,27+,28+,29+,30+/m1/s1. The zero-order chi connectivity index (χ0) is 30.4. The number of esters is 2. The highest BCUT2D eigenvalue weighted by Crippen LogP contribution is 2.70. The van der Waals surface area contributed by atoms with Crippen LogP contribution in [0.2, 0.25) is 0 Å². The number of fused-ring (bicyclic) bond motifs is 5. The Morgan fingerprint density at radius 2 is 1.78 bits per heavy atom. The van der Waals surface area contributed by atoms with Crippen molar-refractivity contribution in [3.05, 3.63) is 23.8 Å². The Balaban J connectivity index is 1.43. The molecule has 0 aromatic heterocycles. The van der Waals surface area contributed by atoms with Gasteiger partial charge in [-0.1, -0.05) is 25.5 Å². The Morgan fingerprint density at radius 1 is 1.12 bits per heavy atom. The highest BCUT2D eigenvalue weighted by molar-refractivity contribution is 6.01. The van der Waals surface area contributed by atoms with E-state index in [4.69, 9.17) is 19.7 Å². The molecule has 228 valence electrons. The first-order valence-electron chi connectivity index (χ1n) is 14.3. The van der Waals surface area contributed by atoms with Gasteiger partial charge in [-0.25, -0.2) is 4.39 Å². The SMILES string of the molecule is C[C@@H]1C[C@H]2[C@@H]3CCC4=CC(=O)C=C[C@]4(C)[C@@]3(F)[C@@H](O)C[C@]2(C)[C@@]1(O)C(=O)COC(=O)CCCC(=O)OC(CO)CO. The van der Waals surface area contributed by atoms with Crippen LogP contribution >= 0.6 is 0 Å². The molecule has 0 saturated heterocycles. The molecule has 3 saturated carbocycles. The molecule has 4 aliphatic carbocycles. The number of ketones is 2. The molecule has 0 unspecified atom stereocenters. The number of halogens is 1. The van der Waals surface area contributed by atoms with Crippen LogP contribution in [0.25, 0.3) is 0 Å². The molecule has 10 nitrogen and oxygen atoms in total. The lowest BCUT2D eigenvalue weighted by Gasteiger charge is -2.62. The average Bonchev–Trinajstić information content (AvgIpc) is 3.13. The van der Waals surface area contributed by atoms with Gasteiger partial charge < -0.3 is 29.9 Å². The molecule has 41 heavy (non-hydrogen) atoms. The molecule has 0 aromatic rings. The molecule has 0 amide bonds. The smallest absolute Gasteiger partial charge is 0.306 e. The van der Waals surface area contributed by atoms with E-state index >= 15 is 4.39 Å². The number of ether oxygens (including phenoxy) is 2. The van der Waals surface area contributed by atoms with Crippen LogP contribution < -0.4 is 0 Å². The molecular weight excluding hydrogens is 539 g/mol. The maximum Gasteiger partial charge on any atom is 0.306 e. The fourth-order valence-electron chi connectivity index (χ4n) is 8.22. The van der Waals surface area contributed by atoms with E-state index in [2.05, 4.69) is 0 Å². The second-order valence-corrected chi connectivity index (χ2v) is 12.6. The summed E-state index contributed by atoms with van der Waals surface area (Å²) in [7, 11) is 0. The van der Waals surface area contributed by atoms with Gasteiger partial charge in [0.1, 0.15) is 11.7 Å². The lowest BCUT2D eigenvalue weighted by Crippen LogP contribution is -2.69. The number of aliphatic hydroxyl groups is 4. The molecule has 0 bridgehead atoms. The number of rotatable bonds is 10. The third-order valence-electron chi connectivity index (χ3n) is 10.5. The van der Waals surface area contributed by atoms with E-state index in [1.807, 2.05) is 0 Å². The summed E-state index contributed by atoms with van der Waals surface area (Å²) in [6, 6.07) is 0. The van der Waals surface area contributed by atoms with Gasteiger partial charge in [-0.3, -0.25) is 19.2 Å². The molecule has 0 heterocycles. The van der Waals surface area contributed by atoms with Gasteiger partial charge in [-0.2, -0.15) is 0 Å². The Kier molecular flexibility index (Phi) is 8.68. The summed E-state index contributed by atoms with van der Waals surface area (Å²) in [5, 5.41) is 41.3. The summed E-state index contributed by atoms with van der Waals surface area (Å²) in [4.78, 5) is 49.6. The van der Waals surface area contributed by atoms with Crippen molar-refractivity contribution in [1.29, 1.82) is 0 Å². The first kappa shape index (κ1) is 31.5. The second-order valence-electron chi connectivity index (χ2n) is 12.6. The van der Waals surface area contributed by atoms with Crippen molar-refractivity contribution in [3.8, 4) is 0 Å². The number of aliphatic hydroxyl groups excluding tert-OH is 3. The molecule has 0 aromatic carbocycles. The number of hydrogen-bond acceptors (Lipinski definition) is 10. The Hall–Kier alpha value is -2.47. The predicted octanol–water partition coefficient (Wildman–Crippen LogP) is 1.51. The van der Waals surface area contributed by atoms with Gasteiger partial charge in [0, 0.05) is 29.6 Å². The van der Waals surface area contributed by atoms with Crippen molar-refractivity contribution in [1.82, 2.24) is 0 Å². The minimum absolute atomic E-state index is 0.0532. The van der Waals surface area contributed by atoms with Crippen LogP contribution in [0.15, 0.2) is 23.8 Å². The molecule has 8 atom stereocenters. The van der Waals surface area contributed by atoms with Crippen molar-refractivity contribution in [2.75, 3.05) is 19.8 Å². The summed E-state index contributed by atoms with van der Waals surface area (Å²) < 4.78 is 27.2. The van der Waals surface area contributed by atoms with Crippen LogP contribution in [-0.2, 0) is 28.7 Å². The van der Waals surface area contributed by atoms with Crippen molar-refractivity contribution >= 4 is 23.5 Å². The summed E-state index contributed by atoms with van der Waals surface area (Å²) >= 11 is 0. The van der Waals surface area contributed by atoms with Gasteiger partial charge in [0.05, 0.1) is 19.3 Å². The van der Waals surface area contributed by atoms with Crippen molar-refractivity contribution < 1.29 is 53.5 Å². The average molecular weight is 581 g/mol. The first-order chi connectivity index (χ1) is 19.2. The van der Waals surface area contributed by atoms with Gasteiger partial charge in [-0.15, -0.1) is 0 Å². The van der Waals surface area contributed by atoms with Gasteiger partial charge in [0.25, 0.3) is 0 Å². The van der Waals surface area contributed by atoms with E-state index in [1.165, 1.54) is 12.2 Å². The lowest BCUT2D eigenvalue weighted by molar-refractivity contribution is -0.220. The van der Waals surface area contributed by atoms with Gasteiger partial charge in [0.2, 0.25) is 5.78 Å². The quantitative estimate of drug-likeness (QED) is 0.278. The molecular formula is C30H41FO10. The predicted molar refractivity (Wildman–Crippen MR) is 142 cm³/mol. The number of allylic oxidation sites excluding steroid dienone is 4. The third-order valence-corrected chi connectivity index (χ3v) is 10.5. The van der Waals surface area contributed by atoms with Gasteiger partial charge in [-0.05, 0) is 63.0 Å². The topological polar surface area (TPSA) is 168 Å². The van der Waals surface area contributed by atoms with E-state index in [-0.39, 0.29) is 31.5 Å². The minimum Gasteiger partial charge on any atom is -0.458 e. The van der Waals surface area contributed by atoms with Crippen molar-refractivity contribution in [3.63, 3.8) is 0 Å². The van der Waals surface area contributed by atoms with E-state index in [1.54, 1.807) is 26.8 Å². The minimum atomic E-state index is -2.09. The molecule has 4 aliphatic rings. The maximum atomic E-state index is 17.2. The van der Waals surface area contributed by atoms with Crippen molar-refractivity contribution in [2.45, 2.75) is 89.2 Å². The number of hydrogen-bond donors (Lipinski definition) is 4. The largest absolute Gasteiger partial charge is 0.458 e. The van der Waals surface area contributed by atoms with E-state index in [0.717, 1.165) is 0 Å². The molecule has 11 heteroatoms. The maximum absolute atomic E-state index is 17.2. The number of alkyl halides is 1. The van der Waals surface area contributed by atoms with Gasteiger partial charge in [0.15, 0.2) is 18.1 Å². The van der Waals surface area contributed by atoms with Crippen LogP contribution in [0.5, 0.6) is 0 Å². The number of Topliss-reactive ketones (excluding diaryl/α,β-unsaturated/α-hetero) is 1. The zero-order valence-corrected chi connectivity index (χ0v) is 23.8. The highest BCUT2D eigenvalue weighted by atomic mass is 19.1.